The zero-order valence-electron chi connectivity index (χ0n) is 15.0. The number of hydrogen-bond donors (Lipinski definition) is 2. The summed E-state index contributed by atoms with van der Waals surface area (Å²) < 4.78 is 45.7. The minimum atomic E-state index is -4.60. The van der Waals surface area contributed by atoms with Gasteiger partial charge in [0.25, 0.3) is 0 Å². The molecule has 0 aliphatic heterocycles. The summed E-state index contributed by atoms with van der Waals surface area (Å²) in [5, 5.41) is 19.0. The number of aryl methyl sites for hydroxylation is 1. The standard InChI is InChI=1S/C19H15ClF3N3O3/c1-10-25-26-17(29-10)9-16(24-18(27)28)12-4-2-3-11(7-12)14-6-5-13(20)8-15(14)19(21,22)23/h2-8,16,24H,9H2,1H3,(H,27,28). The molecule has 0 aliphatic carbocycles. The highest BCUT2D eigenvalue weighted by Gasteiger charge is 2.34. The number of halogens is 4. The van der Waals surface area contributed by atoms with Crippen LogP contribution in [0.1, 0.15) is 29.0 Å². The van der Waals surface area contributed by atoms with Crippen molar-refractivity contribution >= 4 is 17.7 Å². The fraction of sp³-hybridized carbons (Fsp3) is 0.211. The molecule has 1 heterocycles. The van der Waals surface area contributed by atoms with E-state index in [1.54, 1.807) is 19.1 Å². The lowest BCUT2D eigenvalue weighted by atomic mass is 9.95. The molecule has 1 unspecified atom stereocenters. The smallest absolute Gasteiger partial charge is 0.417 e. The Morgan fingerprint density at radius 1 is 1.24 bits per heavy atom. The van der Waals surface area contributed by atoms with Gasteiger partial charge in [-0.05, 0) is 34.9 Å². The van der Waals surface area contributed by atoms with Crippen LogP contribution in [0, 0.1) is 6.92 Å². The van der Waals surface area contributed by atoms with Crippen molar-refractivity contribution in [3.05, 3.63) is 70.4 Å². The van der Waals surface area contributed by atoms with E-state index < -0.39 is 23.9 Å². The van der Waals surface area contributed by atoms with Gasteiger partial charge in [-0.25, -0.2) is 4.79 Å². The molecule has 0 aliphatic rings. The van der Waals surface area contributed by atoms with Crippen LogP contribution in [0.15, 0.2) is 46.9 Å². The summed E-state index contributed by atoms with van der Waals surface area (Å²) in [6.45, 7) is 1.59. The fourth-order valence-electron chi connectivity index (χ4n) is 2.92. The number of rotatable bonds is 5. The second kappa shape index (κ2) is 8.12. The molecule has 152 valence electrons. The summed E-state index contributed by atoms with van der Waals surface area (Å²) >= 11 is 5.74. The number of hydrogen-bond acceptors (Lipinski definition) is 4. The van der Waals surface area contributed by atoms with Gasteiger partial charge >= 0.3 is 12.3 Å². The molecule has 2 N–H and O–H groups in total. The van der Waals surface area contributed by atoms with Gasteiger partial charge in [-0.15, -0.1) is 10.2 Å². The molecule has 3 rings (SSSR count). The number of carbonyl (C=O) groups is 1. The number of carboxylic acid groups (broad SMARTS) is 1. The van der Waals surface area contributed by atoms with Crippen LogP contribution in [-0.2, 0) is 12.6 Å². The first-order valence-corrected chi connectivity index (χ1v) is 8.77. The maximum Gasteiger partial charge on any atom is 0.417 e. The Bertz CT molecular complexity index is 1040. The molecule has 3 aromatic rings. The molecule has 0 saturated carbocycles. The van der Waals surface area contributed by atoms with Crippen LogP contribution < -0.4 is 5.32 Å². The van der Waals surface area contributed by atoms with E-state index in [1.807, 2.05) is 0 Å². The topological polar surface area (TPSA) is 88.2 Å². The summed E-state index contributed by atoms with van der Waals surface area (Å²) in [4.78, 5) is 11.2. The summed E-state index contributed by atoms with van der Waals surface area (Å²) in [5.41, 5.74) is -0.224. The molecular formula is C19H15ClF3N3O3. The van der Waals surface area contributed by atoms with Crippen LogP contribution in [-0.4, -0.2) is 21.4 Å². The fourth-order valence-corrected chi connectivity index (χ4v) is 3.09. The highest BCUT2D eigenvalue weighted by atomic mass is 35.5. The lowest BCUT2D eigenvalue weighted by Crippen LogP contribution is -2.28. The lowest BCUT2D eigenvalue weighted by molar-refractivity contribution is -0.137. The molecule has 0 radical (unpaired) electrons. The first kappa shape index (κ1) is 20.7. The average Bonchev–Trinajstić information content (AvgIpc) is 3.05. The Labute approximate surface area is 168 Å². The summed E-state index contributed by atoms with van der Waals surface area (Å²) in [5.74, 6) is 0.521. The molecule has 0 fully saturated rings. The third-order valence-corrected chi connectivity index (χ3v) is 4.37. The molecule has 1 aromatic heterocycles. The van der Waals surface area contributed by atoms with Gasteiger partial charge in [0.15, 0.2) is 0 Å². The van der Waals surface area contributed by atoms with E-state index in [4.69, 9.17) is 21.1 Å². The molecule has 6 nitrogen and oxygen atoms in total. The van der Waals surface area contributed by atoms with Crippen LogP contribution >= 0.6 is 11.6 Å². The van der Waals surface area contributed by atoms with Gasteiger partial charge in [-0.3, -0.25) is 0 Å². The summed E-state index contributed by atoms with van der Waals surface area (Å²) in [6.07, 6.45) is -5.85. The highest BCUT2D eigenvalue weighted by molar-refractivity contribution is 6.30. The van der Waals surface area contributed by atoms with E-state index in [2.05, 4.69) is 15.5 Å². The SMILES string of the molecule is Cc1nnc(CC(NC(=O)O)c2cccc(-c3ccc(Cl)cc3C(F)(F)F)c2)o1. The number of nitrogens with one attached hydrogen (secondary N) is 1. The predicted molar refractivity (Wildman–Crippen MR) is 98.5 cm³/mol. The van der Waals surface area contributed by atoms with Crippen LogP contribution in [0.2, 0.25) is 5.02 Å². The zero-order chi connectivity index (χ0) is 21.2. The van der Waals surface area contributed by atoms with Crippen LogP contribution in [0.4, 0.5) is 18.0 Å². The van der Waals surface area contributed by atoms with Gasteiger partial charge < -0.3 is 14.8 Å². The Balaban J connectivity index is 2.02. The maximum atomic E-state index is 13.5. The molecule has 10 heteroatoms. The van der Waals surface area contributed by atoms with Crippen LogP contribution in [0.25, 0.3) is 11.1 Å². The van der Waals surface area contributed by atoms with Crippen molar-refractivity contribution in [3.8, 4) is 11.1 Å². The van der Waals surface area contributed by atoms with Crippen molar-refractivity contribution in [2.24, 2.45) is 0 Å². The normalized spacial score (nSPS) is 12.6. The van der Waals surface area contributed by atoms with Gasteiger partial charge in [0.1, 0.15) is 0 Å². The van der Waals surface area contributed by atoms with E-state index in [0.29, 0.717) is 11.5 Å². The minimum absolute atomic E-state index is 0.0330. The molecule has 2 aromatic carbocycles. The Hall–Kier alpha value is -3.07. The van der Waals surface area contributed by atoms with Crippen molar-refractivity contribution < 1.29 is 27.5 Å². The van der Waals surface area contributed by atoms with Gasteiger partial charge in [-0.2, -0.15) is 13.2 Å². The molecule has 0 saturated heterocycles. The molecule has 0 spiro atoms. The van der Waals surface area contributed by atoms with Crippen molar-refractivity contribution in [2.45, 2.75) is 25.6 Å². The predicted octanol–water partition coefficient (Wildman–Crippen LogP) is 5.27. The van der Waals surface area contributed by atoms with E-state index in [1.165, 1.54) is 24.3 Å². The number of nitrogens with zero attached hydrogens (tertiary/aromatic N) is 2. The number of aromatic nitrogens is 2. The van der Waals surface area contributed by atoms with Crippen molar-refractivity contribution in [2.75, 3.05) is 0 Å². The first-order chi connectivity index (χ1) is 13.6. The van der Waals surface area contributed by atoms with Crippen LogP contribution in [0.3, 0.4) is 0 Å². The average molecular weight is 426 g/mol. The Morgan fingerprint density at radius 3 is 2.62 bits per heavy atom. The molecule has 1 amide bonds. The summed E-state index contributed by atoms with van der Waals surface area (Å²) in [6, 6.07) is 8.87. The lowest BCUT2D eigenvalue weighted by Gasteiger charge is -2.18. The maximum absolute atomic E-state index is 13.5. The molecule has 0 bridgehead atoms. The second-order valence-electron chi connectivity index (χ2n) is 6.23. The highest BCUT2D eigenvalue weighted by Crippen LogP contribution is 2.39. The first-order valence-electron chi connectivity index (χ1n) is 8.39. The number of amides is 1. The second-order valence-corrected chi connectivity index (χ2v) is 6.67. The molecular weight excluding hydrogens is 411 g/mol. The van der Waals surface area contributed by atoms with Gasteiger partial charge in [0.05, 0.1) is 18.0 Å². The minimum Gasteiger partial charge on any atom is -0.465 e. The quantitative estimate of drug-likeness (QED) is 0.581. The third kappa shape index (κ3) is 5.05. The summed E-state index contributed by atoms with van der Waals surface area (Å²) in [7, 11) is 0. The van der Waals surface area contributed by atoms with Gasteiger partial charge in [-0.1, -0.05) is 35.9 Å². The zero-order valence-corrected chi connectivity index (χ0v) is 15.8. The Morgan fingerprint density at radius 2 is 2.00 bits per heavy atom. The van der Waals surface area contributed by atoms with Gasteiger partial charge in [0.2, 0.25) is 11.8 Å². The van der Waals surface area contributed by atoms with Crippen LogP contribution in [0.5, 0.6) is 0 Å². The third-order valence-electron chi connectivity index (χ3n) is 4.13. The van der Waals surface area contributed by atoms with E-state index in [9.17, 15) is 18.0 Å². The largest absolute Gasteiger partial charge is 0.465 e. The van der Waals surface area contributed by atoms with Crippen molar-refractivity contribution in [3.63, 3.8) is 0 Å². The van der Waals surface area contributed by atoms with E-state index in [-0.39, 0.29) is 28.5 Å². The number of alkyl halides is 3. The van der Waals surface area contributed by atoms with E-state index >= 15 is 0 Å². The van der Waals surface area contributed by atoms with E-state index in [0.717, 1.165) is 6.07 Å². The Kier molecular flexibility index (Phi) is 5.78. The molecule has 1 atom stereocenters. The van der Waals surface area contributed by atoms with Crippen molar-refractivity contribution in [1.29, 1.82) is 0 Å². The van der Waals surface area contributed by atoms with Crippen molar-refractivity contribution in [1.82, 2.24) is 15.5 Å². The van der Waals surface area contributed by atoms with Gasteiger partial charge in [0, 0.05) is 11.9 Å². The monoisotopic (exact) mass is 425 g/mol. The molecule has 29 heavy (non-hydrogen) atoms. The number of benzene rings is 2.